The number of benzene rings is 2. The first-order chi connectivity index (χ1) is 12.8. The van der Waals surface area contributed by atoms with Crippen LogP contribution in [0.5, 0.6) is 11.5 Å². The van der Waals surface area contributed by atoms with Crippen molar-refractivity contribution >= 4 is 17.7 Å². The lowest BCUT2D eigenvalue weighted by Gasteiger charge is -2.25. The van der Waals surface area contributed by atoms with Gasteiger partial charge in [-0.25, -0.2) is 0 Å². The summed E-state index contributed by atoms with van der Waals surface area (Å²) in [7, 11) is 0. The molecule has 3 rings (SSSR count). The number of carbonyl (C=O) groups is 1. The van der Waals surface area contributed by atoms with Crippen LogP contribution in [0.2, 0.25) is 0 Å². The van der Waals surface area contributed by atoms with E-state index >= 15 is 0 Å². The first kappa shape index (κ1) is 19.0. The SMILES string of the molecule is CC(C)(C)c1ccc(/C=C/C(=O)Nc2ccc3c(c2)O[C@@H](CO)CO3)cc1. The number of carbonyl (C=O) groups excluding carboxylic acids is 1. The zero-order valence-corrected chi connectivity index (χ0v) is 15.9. The van der Waals surface area contributed by atoms with Crippen molar-refractivity contribution < 1.29 is 19.4 Å². The summed E-state index contributed by atoms with van der Waals surface area (Å²) in [4.78, 5) is 12.2. The molecule has 2 aromatic carbocycles. The van der Waals surface area contributed by atoms with Crippen LogP contribution in [0, 0.1) is 0 Å². The second kappa shape index (κ2) is 7.84. The molecule has 0 saturated heterocycles. The average Bonchev–Trinajstić information content (AvgIpc) is 2.65. The normalized spacial score (nSPS) is 16.4. The second-order valence-electron chi connectivity index (χ2n) is 7.59. The van der Waals surface area contributed by atoms with E-state index in [0.29, 0.717) is 23.8 Å². The summed E-state index contributed by atoms with van der Waals surface area (Å²) in [6.45, 7) is 6.70. The molecule has 142 valence electrons. The van der Waals surface area contributed by atoms with Crippen LogP contribution in [-0.2, 0) is 10.2 Å². The van der Waals surface area contributed by atoms with E-state index in [1.54, 1.807) is 24.3 Å². The molecule has 0 fully saturated rings. The molecule has 0 unspecified atom stereocenters. The standard InChI is InChI=1S/C22H25NO4/c1-22(2,3)16-7-4-15(5-8-16)6-11-21(25)23-17-9-10-19-20(12-17)27-18(13-24)14-26-19/h4-12,18,24H,13-14H2,1-3H3,(H,23,25)/b11-6+/t18-/m0/s1. The molecule has 0 aromatic heterocycles. The van der Waals surface area contributed by atoms with Crippen molar-refractivity contribution in [1.29, 1.82) is 0 Å². The Hall–Kier alpha value is -2.79. The number of nitrogens with one attached hydrogen (secondary N) is 1. The molecule has 27 heavy (non-hydrogen) atoms. The van der Waals surface area contributed by atoms with Gasteiger partial charge >= 0.3 is 0 Å². The first-order valence-corrected chi connectivity index (χ1v) is 8.99. The highest BCUT2D eigenvalue weighted by Gasteiger charge is 2.20. The third-order valence-corrected chi connectivity index (χ3v) is 4.34. The molecule has 5 heteroatoms. The van der Waals surface area contributed by atoms with Crippen LogP contribution >= 0.6 is 0 Å². The summed E-state index contributed by atoms with van der Waals surface area (Å²) in [5.41, 5.74) is 2.92. The van der Waals surface area contributed by atoms with Crippen molar-refractivity contribution in [3.63, 3.8) is 0 Å². The first-order valence-electron chi connectivity index (χ1n) is 8.99. The molecular formula is C22H25NO4. The Kier molecular flexibility index (Phi) is 5.51. The van der Waals surface area contributed by atoms with Gasteiger partial charge in [-0.15, -0.1) is 0 Å². The van der Waals surface area contributed by atoms with E-state index in [1.807, 2.05) is 12.1 Å². The highest BCUT2D eigenvalue weighted by atomic mass is 16.6. The quantitative estimate of drug-likeness (QED) is 0.808. The van der Waals surface area contributed by atoms with Gasteiger partial charge in [-0.1, -0.05) is 45.0 Å². The molecule has 0 saturated carbocycles. The monoisotopic (exact) mass is 367 g/mol. The van der Waals surface area contributed by atoms with E-state index in [0.717, 1.165) is 5.56 Å². The largest absolute Gasteiger partial charge is 0.486 e. The fraction of sp³-hybridized carbons (Fsp3) is 0.318. The Labute approximate surface area is 159 Å². The summed E-state index contributed by atoms with van der Waals surface area (Å²) in [6, 6.07) is 13.4. The predicted octanol–water partition coefficient (Wildman–Crippen LogP) is 3.77. The maximum absolute atomic E-state index is 12.2. The van der Waals surface area contributed by atoms with Crippen molar-refractivity contribution in [2.24, 2.45) is 0 Å². The molecule has 1 heterocycles. The Balaban J connectivity index is 1.63. The number of fused-ring (bicyclic) bond motifs is 1. The van der Waals surface area contributed by atoms with Gasteiger partial charge in [0.2, 0.25) is 5.91 Å². The predicted molar refractivity (Wildman–Crippen MR) is 106 cm³/mol. The van der Waals surface area contributed by atoms with Crippen molar-refractivity contribution in [1.82, 2.24) is 0 Å². The van der Waals surface area contributed by atoms with E-state index in [4.69, 9.17) is 9.47 Å². The minimum Gasteiger partial charge on any atom is -0.486 e. The lowest BCUT2D eigenvalue weighted by Crippen LogP contribution is -2.32. The summed E-state index contributed by atoms with van der Waals surface area (Å²) in [5.74, 6) is 0.886. The minimum atomic E-state index is -0.389. The van der Waals surface area contributed by atoms with Gasteiger partial charge in [0.05, 0.1) is 6.61 Å². The van der Waals surface area contributed by atoms with E-state index in [9.17, 15) is 9.90 Å². The molecule has 1 atom stereocenters. The number of hydrogen-bond acceptors (Lipinski definition) is 4. The zero-order valence-electron chi connectivity index (χ0n) is 15.9. The number of anilines is 1. The number of rotatable bonds is 4. The lowest BCUT2D eigenvalue weighted by atomic mass is 9.87. The minimum absolute atomic E-state index is 0.104. The Morgan fingerprint density at radius 3 is 2.59 bits per heavy atom. The topological polar surface area (TPSA) is 67.8 Å². The molecule has 1 aliphatic heterocycles. The van der Waals surface area contributed by atoms with Crippen LogP contribution in [0.25, 0.3) is 6.08 Å². The molecule has 0 bridgehead atoms. The lowest BCUT2D eigenvalue weighted by molar-refractivity contribution is -0.111. The number of aliphatic hydroxyl groups excluding tert-OH is 1. The Bertz CT molecular complexity index is 834. The third-order valence-electron chi connectivity index (χ3n) is 4.34. The van der Waals surface area contributed by atoms with Crippen molar-refractivity contribution in [2.45, 2.75) is 32.3 Å². The fourth-order valence-electron chi connectivity index (χ4n) is 2.73. The maximum atomic E-state index is 12.2. The number of hydrogen-bond donors (Lipinski definition) is 2. The van der Waals surface area contributed by atoms with Crippen LogP contribution in [0.1, 0.15) is 31.9 Å². The van der Waals surface area contributed by atoms with Gasteiger partial charge in [-0.3, -0.25) is 4.79 Å². The summed E-state index contributed by atoms with van der Waals surface area (Å²) < 4.78 is 11.1. The Morgan fingerprint density at radius 2 is 1.93 bits per heavy atom. The second-order valence-corrected chi connectivity index (χ2v) is 7.59. The van der Waals surface area contributed by atoms with Gasteiger partial charge in [0.1, 0.15) is 6.61 Å². The fourth-order valence-corrected chi connectivity index (χ4v) is 2.73. The molecule has 2 N–H and O–H groups in total. The molecule has 5 nitrogen and oxygen atoms in total. The zero-order chi connectivity index (χ0) is 19.4. The molecule has 2 aromatic rings. The van der Waals surface area contributed by atoms with Gasteiger partial charge in [0, 0.05) is 17.8 Å². The average molecular weight is 367 g/mol. The molecular weight excluding hydrogens is 342 g/mol. The molecule has 1 aliphatic rings. The van der Waals surface area contributed by atoms with Gasteiger partial charge in [0.15, 0.2) is 17.6 Å². The van der Waals surface area contributed by atoms with Gasteiger partial charge < -0.3 is 19.9 Å². The number of amides is 1. The summed E-state index contributed by atoms with van der Waals surface area (Å²) >= 11 is 0. The van der Waals surface area contributed by atoms with Gasteiger partial charge in [-0.05, 0) is 34.8 Å². The van der Waals surface area contributed by atoms with Crippen molar-refractivity contribution in [3.05, 3.63) is 59.7 Å². The van der Waals surface area contributed by atoms with Crippen LogP contribution < -0.4 is 14.8 Å². The highest BCUT2D eigenvalue weighted by molar-refractivity contribution is 6.02. The maximum Gasteiger partial charge on any atom is 0.248 e. The molecule has 0 spiro atoms. The van der Waals surface area contributed by atoms with Crippen LogP contribution in [0.15, 0.2) is 48.5 Å². The van der Waals surface area contributed by atoms with Crippen LogP contribution in [-0.4, -0.2) is 30.3 Å². The van der Waals surface area contributed by atoms with E-state index in [1.165, 1.54) is 11.6 Å². The number of aliphatic hydroxyl groups is 1. The van der Waals surface area contributed by atoms with E-state index in [-0.39, 0.29) is 24.0 Å². The third kappa shape index (κ3) is 4.89. The van der Waals surface area contributed by atoms with E-state index < -0.39 is 0 Å². The molecule has 1 amide bonds. The van der Waals surface area contributed by atoms with Crippen molar-refractivity contribution in [2.75, 3.05) is 18.5 Å². The van der Waals surface area contributed by atoms with Gasteiger partial charge in [0.25, 0.3) is 0 Å². The Morgan fingerprint density at radius 1 is 1.19 bits per heavy atom. The summed E-state index contributed by atoms with van der Waals surface area (Å²) in [5, 5.41) is 12.0. The molecule has 0 radical (unpaired) electrons. The highest BCUT2D eigenvalue weighted by Crippen LogP contribution is 2.34. The number of ether oxygens (including phenoxy) is 2. The van der Waals surface area contributed by atoms with Crippen LogP contribution in [0.4, 0.5) is 5.69 Å². The summed E-state index contributed by atoms with van der Waals surface area (Å²) in [6.07, 6.45) is 2.89. The van der Waals surface area contributed by atoms with Gasteiger partial charge in [-0.2, -0.15) is 0 Å². The van der Waals surface area contributed by atoms with Crippen molar-refractivity contribution in [3.8, 4) is 11.5 Å². The molecule has 0 aliphatic carbocycles. The van der Waals surface area contributed by atoms with E-state index in [2.05, 4.69) is 38.2 Å². The smallest absolute Gasteiger partial charge is 0.248 e. The van der Waals surface area contributed by atoms with Crippen LogP contribution in [0.3, 0.4) is 0 Å².